The van der Waals surface area contributed by atoms with Gasteiger partial charge in [-0.3, -0.25) is 0 Å². The van der Waals surface area contributed by atoms with Gasteiger partial charge in [0.1, 0.15) is 5.82 Å². The number of hydrogen-bond donors (Lipinski definition) is 2. The van der Waals surface area contributed by atoms with Gasteiger partial charge in [0.05, 0.1) is 11.0 Å². The Hall–Kier alpha value is -1.81. The van der Waals surface area contributed by atoms with Gasteiger partial charge in [0.25, 0.3) is 0 Å². The van der Waals surface area contributed by atoms with E-state index in [0.29, 0.717) is 0 Å². The zero-order valence-corrected chi connectivity index (χ0v) is 12.4. The number of nitrogen functional groups attached to an aromatic ring is 1. The topological polar surface area (TPSA) is 54.7 Å². The molecule has 19 heavy (non-hydrogen) atoms. The van der Waals surface area contributed by atoms with Crippen LogP contribution < -0.4 is 5.73 Å². The largest absolute Gasteiger partial charge is 0.399 e. The van der Waals surface area contributed by atoms with Gasteiger partial charge in [-0.2, -0.15) is 0 Å². The van der Waals surface area contributed by atoms with E-state index in [1.54, 1.807) is 0 Å². The lowest BCUT2D eigenvalue weighted by molar-refractivity contribution is 1.33. The Labute approximate surface area is 120 Å². The van der Waals surface area contributed by atoms with Crippen LogP contribution >= 0.6 is 15.9 Å². The van der Waals surface area contributed by atoms with E-state index < -0.39 is 0 Å². The molecule has 4 heteroatoms. The highest BCUT2D eigenvalue weighted by Gasteiger charge is 2.08. The van der Waals surface area contributed by atoms with Crippen LogP contribution in [0.15, 0.2) is 34.8 Å². The van der Waals surface area contributed by atoms with Crippen LogP contribution in [-0.4, -0.2) is 9.97 Å². The molecule has 3 aromatic rings. The summed E-state index contributed by atoms with van der Waals surface area (Å²) in [7, 11) is 0. The average molecular weight is 316 g/mol. The van der Waals surface area contributed by atoms with Crippen molar-refractivity contribution in [2.45, 2.75) is 13.8 Å². The van der Waals surface area contributed by atoms with Gasteiger partial charge in [0.2, 0.25) is 0 Å². The summed E-state index contributed by atoms with van der Waals surface area (Å²) in [5, 5.41) is 0. The third-order valence-electron chi connectivity index (χ3n) is 3.29. The number of nitrogens with two attached hydrogens (primary N) is 1. The Kier molecular flexibility index (Phi) is 2.82. The maximum absolute atomic E-state index is 5.87. The number of aromatic amines is 1. The number of nitrogens with zero attached hydrogens (tertiary/aromatic N) is 1. The molecular weight excluding hydrogens is 302 g/mol. The van der Waals surface area contributed by atoms with E-state index in [1.165, 1.54) is 11.1 Å². The third kappa shape index (κ3) is 2.24. The Bertz CT molecular complexity index is 715. The number of aromatic nitrogens is 2. The van der Waals surface area contributed by atoms with E-state index in [2.05, 4.69) is 51.9 Å². The van der Waals surface area contributed by atoms with Crippen LogP contribution in [-0.2, 0) is 0 Å². The Morgan fingerprint density at radius 3 is 2.53 bits per heavy atom. The molecule has 3 rings (SSSR count). The van der Waals surface area contributed by atoms with Gasteiger partial charge in [-0.15, -0.1) is 0 Å². The number of aryl methyl sites for hydroxylation is 2. The molecule has 1 heterocycles. The van der Waals surface area contributed by atoms with E-state index in [1.807, 2.05) is 18.2 Å². The second-order valence-electron chi connectivity index (χ2n) is 4.81. The fourth-order valence-corrected chi connectivity index (χ4v) is 2.67. The predicted molar refractivity (Wildman–Crippen MR) is 83.1 cm³/mol. The molecule has 96 valence electrons. The molecule has 0 unspecified atom stereocenters. The lowest BCUT2D eigenvalue weighted by atomic mass is 10.1. The first-order valence-electron chi connectivity index (χ1n) is 6.06. The smallest absolute Gasteiger partial charge is 0.138 e. The summed E-state index contributed by atoms with van der Waals surface area (Å²) in [6.07, 6.45) is 0. The summed E-state index contributed by atoms with van der Waals surface area (Å²) in [6, 6.07) is 10.0. The summed E-state index contributed by atoms with van der Waals surface area (Å²) in [5.74, 6) is 0.841. The minimum atomic E-state index is 0.720. The highest BCUT2D eigenvalue weighted by atomic mass is 79.9. The second-order valence-corrected chi connectivity index (χ2v) is 5.73. The Balaban J connectivity index is 2.20. The lowest BCUT2D eigenvalue weighted by Gasteiger charge is -2.00. The van der Waals surface area contributed by atoms with E-state index in [-0.39, 0.29) is 0 Å². The summed E-state index contributed by atoms with van der Waals surface area (Å²) in [6.45, 7) is 4.20. The molecule has 0 aliphatic carbocycles. The SMILES string of the molecule is Cc1cc2nc(-c3cc(N)cc(Br)c3)[nH]c2cc1C. The van der Waals surface area contributed by atoms with Gasteiger partial charge in [-0.05, 0) is 55.3 Å². The molecule has 0 saturated heterocycles. The van der Waals surface area contributed by atoms with Gasteiger partial charge >= 0.3 is 0 Å². The molecule has 1 aromatic heterocycles. The van der Waals surface area contributed by atoms with Crippen LogP contribution in [0.4, 0.5) is 5.69 Å². The monoisotopic (exact) mass is 315 g/mol. The minimum absolute atomic E-state index is 0.720. The van der Waals surface area contributed by atoms with Crippen LogP contribution in [0.2, 0.25) is 0 Å². The van der Waals surface area contributed by atoms with Crippen molar-refractivity contribution < 1.29 is 0 Å². The summed E-state index contributed by atoms with van der Waals surface area (Å²) >= 11 is 3.46. The van der Waals surface area contributed by atoms with Crippen molar-refractivity contribution in [3.05, 3.63) is 45.9 Å². The standard InChI is InChI=1S/C15H14BrN3/c1-8-3-13-14(4-9(8)2)19-15(18-13)10-5-11(16)7-12(17)6-10/h3-7H,17H2,1-2H3,(H,18,19). The molecule has 0 saturated carbocycles. The second kappa shape index (κ2) is 4.38. The summed E-state index contributed by atoms with van der Waals surface area (Å²) < 4.78 is 0.954. The molecule has 0 spiro atoms. The predicted octanol–water partition coefficient (Wildman–Crippen LogP) is 4.19. The minimum Gasteiger partial charge on any atom is -0.399 e. The molecule has 0 radical (unpaired) electrons. The first kappa shape index (κ1) is 12.2. The zero-order valence-electron chi connectivity index (χ0n) is 10.8. The van der Waals surface area contributed by atoms with Crippen molar-refractivity contribution in [2.75, 3.05) is 5.73 Å². The van der Waals surface area contributed by atoms with E-state index in [0.717, 1.165) is 32.6 Å². The van der Waals surface area contributed by atoms with Crippen LogP contribution in [0.1, 0.15) is 11.1 Å². The molecule has 0 aliphatic heterocycles. The Morgan fingerprint density at radius 1 is 1.05 bits per heavy atom. The summed E-state index contributed by atoms with van der Waals surface area (Å²) in [5.41, 5.74) is 12.1. The number of anilines is 1. The fourth-order valence-electron chi connectivity index (χ4n) is 2.16. The summed E-state index contributed by atoms with van der Waals surface area (Å²) in [4.78, 5) is 7.98. The maximum Gasteiger partial charge on any atom is 0.138 e. The van der Waals surface area contributed by atoms with E-state index >= 15 is 0 Å². The molecular formula is C15H14BrN3. The van der Waals surface area contributed by atoms with Crippen molar-refractivity contribution >= 4 is 32.7 Å². The zero-order chi connectivity index (χ0) is 13.6. The number of halogens is 1. The lowest BCUT2D eigenvalue weighted by Crippen LogP contribution is -1.87. The van der Waals surface area contributed by atoms with Crippen LogP contribution in [0.25, 0.3) is 22.4 Å². The first-order chi connectivity index (χ1) is 9.02. The van der Waals surface area contributed by atoms with Crippen molar-refractivity contribution in [2.24, 2.45) is 0 Å². The van der Waals surface area contributed by atoms with Crippen LogP contribution in [0, 0.1) is 13.8 Å². The molecule has 0 aliphatic rings. The number of benzene rings is 2. The van der Waals surface area contributed by atoms with E-state index in [4.69, 9.17) is 5.73 Å². The molecule has 0 bridgehead atoms. The molecule has 2 aromatic carbocycles. The van der Waals surface area contributed by atoms with Crippen molar-refractivity contribution in [1.29, 1.82) is 0 Å². The number of nitrogens with one attached hydrogen (secondary N) is 1. The normalized spacial score (nSPS) is 11.1. The van der Waals surface area contributed by atoms with Crippen molar-refractivity contribution in [1.82, 2.24) is 9.97 Å². The van der Waals surface area contributed by atoms with Gasteiger partial charge < -0.3 is 10.7 Å². The molecule has 0 atom stereocenters. The molecule has 3 N–H and O–H groups in total. The molecule has 0 amide bonds. The highest BCUT2D eigenvalue weighted by Crippen LogP contribution is 2.27. The van der Waals surface area contributed by atoms with Crippen molar-refractivity contribution in [3.63, 3.8) is 0 Å². The number of H-pyrrole nitrogens is 1. The fraction of sp³-hybridized carbons (Fsp3) is 0.133. The Morgan fingerprint density at radius 2 is 1.79 bits per heavy atom. The van der Waals surface area contributed by atoms with E-state index in [9.17, 15) is 0 Å². The molecule has 0 fully saturated rings. The van der Waals surface area contributed by atoms with Crippen LogP contribution in [0.5, 0.6) is 0 Å². The van der Waals surface area contributed by atoms with Crippen LogP contribution in [0.3, 0.4) is 0 Å². The third-order valence-corrected chi connectivity index (χ3v) is 3.75. The number of imidazole rings is 1. The quantitative estimate of drug-likeness (QED) is 0.661. The highest BCUT2D eigenvalue weighted by molar-refractivity contribution is 9.10. The van der Waals surface area contributed by atoms with Gasteiger partial charge in [-0.25, -0.2) is 4.98 Å². The first-order valence-corrected chi connectivity index (χ1v) is 6.85. The van der Waals surface area contributed by atoms with Crippen molar-refractivity contribution in [3.8, 4) is 11.4 Å². The van der Waals surface area contributed by atoms with Gasteiger partial charge in [-0.1, -0.05) is 15.9 Å². The molecule has 3 nitrogen and oxygen atoms in total. The number of rotatable bonds is 1. The maximum atomic E-state index is 5.87. The van der Waals surface area contributed by atoms with Gasteiger partial charge in [0.15, 0.2) is 0 Å². The number of hydrogen-bond acceptors (Lipinski definition) is 2. The number of fused-ring (bicyclic) bond motifs is 1. The van der Waals surface area contributed by atoms with Gasteiger partial charge in [0, 0.05) is 15.7 Å². The average Bonchev–Trinajstić information content (AvgIpc) is 2.71.